The highest BCUT2D eigenvalue weighted by Crippen LogP contribution is 2.26. The SMILES string of the molecule is CCc1cccc(C(NN)c2ccc(Cl)cc2C)c1. The molecule has 0 aliphatic carbocycles. The molecule has 100 valence electrons. The molecule has 2 rings (SSSR count). The predicted octanol–water partition coefficient (Wildman–Crippen LogP) is 3.76. The number of nitrogens with two attached hydrogens (primary N) is 1. The third-order valence-corrected chi connectivity index (χ3v) is 3.64. The van der Waals surface area contributed by atoms with Gasteiger partial charge in [0, 0.05) is 5.02 Å². The number of hydrogen-bond donors (Lipinski definition) is 2. The minimum Gasteiger partial charge on any atom is -0.271 e. The van der Waals surface area contributed by atoms with E-state index in [1.165, 1.54) is 11.1 Å². The van der Waals surface area contributed by atoms with E-state index >= 15 is 0 Å². The fourth-order valence-electron chi connectivity index (χ4n) is 2.32. The maximum absolute atomic E-state index is 6.01. The molecule has 3 N–H and O–H groups in total. The lowest BCUT2D eigenvalue weighted by molar-refractivity contribution is 0.633. The number of nitrogens with one attached hydrogen (secondary N) is 1. The topological polar surface area (TPSA) is 38.0 Å². The Morgan fingerprint density at radius 3 is 2.63 bits per heavy atom. The molecule has 2 nitrogen and oxygen atoms in total. The van der Waals surface area contributed by atoms with Crippen molar-refractivity contribution in [2.24, 2.45) is 5.84 Å². The lowest BCUT2D eigenvalue weighted by Crippen LogP contribution is -2.29. The molecule has 19 heavy (non-hydrogen) atoms. The Kier molecular flexibility index (Phi) is 4.59. The minimum absolute atomic E-state index is 0.0104. The van der Waals surface area contributed by atoms with Crippen molar-refractivity contribution in [3.05, 3.63) is 69.7 Å². The van der Waals surface area contributed by atoms with Crippen LogP contribution in [0.5, 0.6) is 0 Å². The van der Waals surface area contributed by atoms with Gasteiger partial charge >= 0.3 is 0 Å². The van der Waals surface area contributed by atoms with Crippen molar-refractivity contribution < 1.29 is 0 Å². The number of benzene rings is 2. The molecule has 0 amide bonds. The molecule has 2 aromatic carbocycles. The number of halogens is 1. The largest absolute Gasteiger partial charge is 0.271 e. The third-order valence-electron chi connectivity index (χ3n) is 3.40. The van der Waals surface area contributed by atoms with Crippen molar-refractivity contribution in [1.29, 1.82) is 0 Å². The first-order valence-corrected chi connectivity index (χ1v) is 6.84. The first kappa shape index (κ1) is 14.1. The van der Waals surface area contributed by atoms with Crippen molar-refractivity contribution in [3.8, 4) is 0 Å². The van der Waals surface area contributed by atoms with Gasteiger partial charge in [0.2, 0.25) is 0 Å². The molecular weight excluding hydrogens is 256 g/mol. The molecule has 0 saturated heterocycles. The van der Waals surface area contributed by atoms with Crippen LogP contribution in [0.15, 0.2) is 42.5 Å². The predicted molar refractivity (Wildman–Crippen MR) is 81.2 cm³/mol. The van der Waals surface area contributed by atoms with Crippen molar-refractivity contribution in [1.82, 2.24) is 5.43 Å². The van der Waals surface area contributed by atoms with E-state index in [0.29, 0.717) is 0 Å². The molecule has 0 radical (unpaired) electrons. The highest BCUT2D eigenvalue weighted by molar-refractivity contribution is 6.30. The van der Waals surface area contributed by atoms with Gasteiger partial charge in [0.05, 0.1) is 6.04 Å². The number of hydrogen-bond acceptors (Lipinski definition) is 2. The fraction of sp³-hybridized carbons (Fsp3) is 0.250. The summed E-state index contributed by atoms with van der Waals surface area (Å²) in [7, 11) is 0. The van der Waals surface area contributed by atoms with Gasteiger partial charge in [-0.15, -0.1) is 0 Å². The second-order valence-corrected chi connectivity index (χ2v) is 5.14. The number of rotatable bonds is 4. The van der Waals surface area contributed by atoms with Crippen LogP contribution >= 0.6 is 11.6 Å². The zero-order valence-electron chi connectivity index (χ0n) is 11.3. The van der Waals surface area contributed by atoms with E-state index in [1.807, 2.05) is 18.2 Å². The van der Waals surface area contributed by atoms with Crippen molar-refractivity contribution in [2.75, 3.05) is 0 Å². The molecule has 0 spiro atoms. The Balaban J connectivity index is 2.43. The van der Waals surface area contributed by atoms with Gasteiger partial charge in [-0.2, -0.15) is 0 Å². The molecule has 1 unspecified atom stereocenters. The van der Waals surface area contributed by atoms with E-state index in [2.05, 4.69) is 43.5 Å². The lowest BCUT2D eigenvalue weighted by atomic mass is 9.94. The average Bonchev–Trinajstić information content (AvgIpc) is 2.42. The Labute approximate surface area is 119 Å². The van der Waals surface area contributed by atoms with E-state index in [-0.39, 0.29) is 6.04 Å². The molecule has 2 aromatic rings. The summed E-state index contributed by atoms with van der Waals surface area (Å²) in [6, 6.07) is 14.4. The van der Waals surface area contributed by atoms with Gasteiger partial charge in [0.15, 0.2) is 0 Å². The Morgan fingerprint density at radius 2 is 2.00 bits per heavy atom. The summed E-state index contributed by atoms with van der Waals surface area (Å²) in [6.07, 6.45) is 1.02. The molecule has 0 aromatic heterocycles. The molecule has 0 heterocycles. The van der Waals surface area contributed by atoms with E-state index in [9.17, 15) is 0 Å². The van der Waals surface area contributed by atoms with Crippen molar-refractivity contribution >= 4 is 11.6 Å². The zero-order chi connectivity index (χ0) is 13.8. The van der Waals surface area contributed by atoms with Gasteiger partial charge in [0.25, 0.3) is 0 Å². The monoisotopic (exact) mass is 274 g/mol. The third kappa shape index (κ3) is 3.16. The van der Waals surface area contributed by atoms with Gasteiger partial charge in [-0.1, -0.05) is 48.9 Å². The normalized spacial score (nSPS) is 12.4. The first-order chi connectivity index (χ1) is 9.15. The van der Waals surface area contributed by atoms with Crippen LogP contribution in [0.2, 0.25) is 5.02 Å². The maximum Gasteiger partial charge on any atom is 0.0712 e. The van der Waals surface area contributed by atoms with Gasteiger partial charge < -0.3 is 0 Å². The van der Waals surface area contributed by atoms with E-state index in [1.54, 1.807) is 0 Å². The van der Waals surface area contributed by atoms with Crippen LogP contribution in [-0.4, -0.2) is 0 Å². The summed E-state index contributed by atoms with van der Waals surface area (Å²) in [5, 5.41) is 0.749. The van der Waals surface area contributed by atoms with Gasteiger partial charge in [-0.3, -0.25) is 5.84 Å². The molecule has 1 atom stereocenters. The summed E-state index contributed by atoms with van der Waals surface area (Å²) in [4.78, 5) is 0. The fourth-order valence-corrected chi connectivity index (χ4v) is 2.55. The quantitative estimate of drug-likeness (QED) is 0.658. The molecule has 0 saturated carbocycles. The van der Waals surface area contributed by atoms with Crippen LogP contribution < -0.4 is 11.3 Å². The summed E-state index contributed by atoms with van der Waals surface area (Å²) in [5.74, 6) is 5.75. The van der Waals surface area contributed by atoms with Crippen LogP contribution in [0, 0.1) is 6.92 Å². The number of aryl methyl sites for hydroxylation is 2. The van der Waals surface area contributed by atoms with Crippen LogP contribution in [0.25, 0.3) is 0 Å². The molecule has 3 heteroatoms. The summed E-state index contributed by atoms with van der Waals surface area (Å²) < 4.78 is 0. The summed E-state index contributed by atoms with van der Waals surface area (Å²) in [6.45, 7) is 4.20. The lowest BCUT2D eigenvalue weighted by Gasteiger charge is -2.20. The van der Waals surface area contributed by atoms with Crippen LogP contribution in [0.3, 0.4) is 0 Å². The second kappa shape index (κ2) is 6.20. The Hall–Kier alpha value is -1.35. The van der Waals surface area contributed by atoms with Gasteiger partial charge in [-0.25, -0.2) is 5.43 Å². The van der Waals surface area contributed by atoms with E-state index < -0.39 is 0 Å². The smallest absolute Gasteiger partial charge is 0.0712 e. The molecule has 0 aliphatic heterocycles. The molecular formula is C16H19ClN2. The van der Waals surface area contributed by atoms with Crippen LogP contribution in [0.1, 0.15) is 35.2 Å². The Morgan fingerprint density at radius 1 is 1.21 bits per heavy atom. The minimum atomic E-state index is -0.0104. The van der Waals surface area contributed by atoms with Gasteiger partial charge in [-0.05, 0) is 47.7 Å². The summed E-state index contributed by atoms with van der Waals surface area (Å²) >= 11 is 6.01. The highest BCUT2D eigenvalue weighted by atomic mass is 35.5. The van der Waals surface area contributed by atoms with Crippen molar-refractivity contribution in [3.63, 3.8) is 0 Å². The first-order valence-electron chi connectivity index (χ1n) is 6.46. The zero-order valence-corrected chi connectivity index (χ0v) is 12.0. The Bertz CT molecular complexity index is 566. The van der Waals surface area contributed by atoms with Crippen LogP contribution in [0.4, 0.5) is 0 Å². The van der Waals surface area contributed by atoms with E-state index in [0.717, 1.165) is 22.6 Å². The van der Waals surface area contributed by atoms with Crippen LogP contribution in [-0.2, 0) is 6.42 Å². The molecule has 0 fully saturated rings. The van der Waals surface area contributed by atoms with Gasteiger partial charge in [0.1, 0.15) is 0 Å². The maximum atomic E-state index is 6.01. The molecule has 0 bridgehead atoms. The standard InChI is InChI=1S/C16H19ClN2/c1-3-12-5-4-6-13(10-12)16(19-18)15-8-7-14(17)9-11(15)2/h4-10,16,19H,3,18H2,1-2H3. The number of hydrazine groups is 1. The molecule has 0 aliphatic rings. The van der Waals surface area contributed by atoms with E-state index in [4.69, 9.17) is 17.4 Å². The second-order valence-electron chi connectivity index (χ2n) is 4.70. The van der Waals surface area contributed by atoms with Crippen molar-refractivity contribution in [2.45, 2.75) is 26.3 Å². The average molecular weight is 275 g/mol. The summed E-state index contributed by atoms with van der Waals surface area (Å²) in [5.41, 5.74) is 7.68. The highest BCUT2D eigenvalue weighted by Gasteiger charge is 2.14.